The Morgan fingerprint density at radius 2 is 2.21 bits per heavy atom. The Balaban J connectivity index is 1.51. The fraction of sp³-hybridized carbons (Fsp3) is 0.471. The van der Waals surface area contributed by atoms with Gasteiger partial charge in [-0.05, 0) is 0 Å². The van der Waals surface area contributed by atoms with Gasteiger partial charge in [0.25, 0.3) is 17.5 Å². The van der Waals surface area contributed by atoms with Crippen LogP contribution in [0.15, 0.2) is 10.5 Å². The summed E-state index contributed by atoms with van der Waals surface area (Å²) in [5, 5.41) is 19.3. The average molecular weight is 518 g/mol. The molecule has 3 amide bonds. The zero-order valence-corrected chi connectivity index (χ0v) is 19.2. The van der Waals surface area contributed by atoms with Crippen LogP contribution in [0.2, 0.25) is 0 Å². The number of thioether (sulfide) groups is 1. The molecule has 0 radical (unpaired) electrons. The van der Waals surface area contributed by atoms with Gasteiger partial charge in [0, 0.05) is 17.1 Å². The number of nitrogens with one attached hydrogen (secondary N) is 2. The third-order valence-corrected chi connectivity index (χ3v) is 7.63. The van der Waals surface area contributed by atoms with Crippen molar-refractivity contribution in [3.05, 3.63) is 11.1 Å². The third-order valence-electron chi connectivity index (χ3n) is 5.21. The van der Waals surface area contributed by atoms with E-state index < -0.39 is 52.7 Å². The molecule has 4 heterocycles. The molecule has 0 spiro atoms. The summed E-state index contributed by atoms with van der Waals surface area (Å²) < 4.78 is 5.12. The zero-order chi connectivity index (χ0) is 23.9. The fourth-order valence-electron chi connectivity index (χ4n) is 3.81. The number of carbonyl (C=O) groups is 5. The number of alkyl halides is 1. The fourth-order valence-corrected chi connectivity index (χ4v) is 6.15. The topological polar surface area (TPSA) is 177 Å². The van der Waals surface area contributed by atoms with E-state index in [4.69, 9.17) is 21.2 Å². The molecule has 3 aliphatic heterocycles. The molecule has 3 saturated heterocycles. The van der Waals surface area contributed by atoms with Crippen molar-refractivity contribution >= 4 is 75.2 Å². The van der Waals surface area contributed by atoms with E-state index in [1.807, 2.05) is 0 Å². The molecule has 4 rings (SSSR count). The van der Waals surface area contributed by atoms with Gasteiger partial charge in [-0.2, -0.15) is 0 Å². The van der Waals surface area contributed by atoms with Gasteiger partial charge in [0.15, 0.2) is 10.8 Å². The third kappa shape index (κ3) is 3.79. The van der Waals surface area contributed by atoms with Gasteiger partial charge in [0.2, 0.25) is 5.91 Å². The first-order chi connectivity index (χ1) is 15.7. The number of nitrogens with zero attached hydrogens (tertiary/aromatic N) is 3. The lowest BCUT2D eigenvalue weighted by atomic mass is 9.89. The normalized spacial score (nSPS) is 28.2. The summed E-state index contributed by atoms with van der Waals surface area (Å²) in [6, 6.07) is -1.07. The highest BCUT2D eigenvalue weighted by Gasteiger charge is 2.71. The lowest BCUT2D eigenvalue weighted by Gasteiger charge is -2.56. The summed E-state index contributed by atoms with van der Waals surface area (Å²) in [7, 11) is 1.22. The number of oxime groups is 1. The quantitative estimate of drug-likeness (QED) is 0.139. The molecule has 33 heavy (non-hydrogen) atoms. The summed E-state index contributed by atoms with van der Waals surface area (Å²) in [5.41, 5.74) is -2.25. The van der Waals surface area contributed by atoms with Crippen molar-refractivity contribution in [3.8, 4) is 0 Å². The van der Waals surface area contributed by atoms with Crippen LogP contribution in [0, 0.1) is 5.92 Å². The van der Waals surface area contributed by atoms with Gasteiger partial charge in [-0.25, -0.2) is 9.78 Å². The molecule has 176 valence electrons. The highest BCUT2D eigenvalue weighted by Crippen LogP contribution is 2.51. The minimum atomic E-state index is -2.07. The number of carbonyl (C=O) groups excluding carboxylic acids is 4. The zero-order valence-electron chi connectivity index (χ0n) is 16.8. The van der Waals surface area contributed by atoms with Crippen molar-refractivity contribution in [1.82, 2.24) is 15.2 Å². The summed E-state index contributed by atoms with van der Waals surface area (Å²) in [5.74, 6) is -4.82. The monoisotopic (exact) mass is 517 g/mol. The minimum Gasteiger partial charge on any atom is -0.477 e. The van der Waals surface area contributed by atoms with Crippen LogP contribution in [0.4, 0.5) is 5.13 Å². The Morgan fingerprint density at radius 3 is 2.88 bits per heavy atom. The maximum Gasteiger partial charge on any atom is 0.370 e. The van der Waals surface area contributed by atoms with E-state index in [2.05, 4.69) is 20.8 Å². The number of thiazole rings is 1. The van der Waals surface area contributed by atoms with Crippen LogP contribution < -0.4 is 10.6 Å². The molecule has 13 nitrogen and oxygen atoms in total. The number of ether oxygens (including phenoxy) is 1. The van der Waals surface area contributed by atoms with E-state index >= 15 is 0 Å². The number of amides is 3. The molecule has 1 aromatic rings. The number of hydrogen-bond donors (Lipinski definition) is 3. The van der Waals surface area contributed by atoms with Crippen LogP contribution in [0.1, 0.15) is 12.1 Å². The molecule has 1 aromatic heterocycles. The number of anilines is 1. The van der Waals surface area contributed by atoms with Crippen LogP contribution in [0.5, 0.6) is 0 Å². The van der Waals surface area contributed by atoms with Crippen molar-refractivity contribution in [2.24, 2.45) is 11.1 Å². The van der Waals surface area contributed by atoms with E-state index in [9.17, 15) is 29.1 Å². The van der Waals surface area contributed by atoms with Gasteiger partial charge < -0.3 is 25.3 Å². The van der Waals surface area contributed by atoms with Gasteiger partial charge in [0.05, 0.1) is 6.42 Å². The molecule has 0 bridgehead atoms. The van der Waals surface area contributed by atoms with Crippen LogP contribution in [0.25, 0.3) is 0 Å². The predicted molar refractivity (Wildman–Crippen MR) is 115 cm³/mol. The number of carboxylic acid groups (broad SMARTS) is 1. The number of halogens is 1. The second kappa shape index (κ2) is 8.79. The van der Waals surface area contributed by atoms with Crippen molar-refractivity contribution in [3.63, 3.8) is 0 Å². The van der Waals surface area contributed by atoms with Crippen LogP contribution in [-0.4, -0.2) is 86.2 Å². The largest absolute Gasteiger partial charge is 0.477 e. The number of esters is 1. The Hall–Kier alpha value is -2.91. The number of β-lactam (4-membered cyclic amide) rings is 1. The molecule has 0 saturated carbocycles. The number of aromatic nitrogens is 1. The Morgan fingerprint density at radius 1 is 1.45 bits per heavy atom. The lowest BCUT2D eigenvalue weighted by Crippen LogP contribution is -2.80. The lowest BCUT2D eigenvalue weighted by molar-refractivity contribution is -0.215. The first-order valence-corrected chi connectivity index (χ1v) is 11.8. The summed E-state index contributed by atoms with van der Waals surface area (Å²) in [6.45, 7) is 0. The number of fused-ring (bicyclic) bond motifs is 3. The smallest absolute Gasteiger partial charge is 0.370 e. The van der Waals surface area contributed by atoms with E-state index in [0.717, 1.165) is 16.2 Å². The molecule has 3 aliphatic rings. The molecule has 3 N–H and O–H groups in total. The standard InChI is InChI=1S/C17H16ClN5O8S2/c1-30-22-10(7-5-33-16(19-7)20-8(24)3-18)12(26)21-11-13(27)23-14(11)32-4-6-2-9(25)31-17(6,23)15(28)29/h5-6,11,14H,2-4H2,1H3,(H,21,26)(H,28,29)(H,19,20,24)/b22-10+. The Bertz CT molecular complexity index is 1080. The van der Waals surface area contributed by atoms with Gasteiger partial charge in [-0.1, -0.05) is 5.16 Å². The Labute approximate surface area is 198 Å². The van der Waals surface area contributed by atoms with Crippen molar-refractivity contribution in [2.45, 2.75) is 23.6 Å². The second-order valence-electron chi connectivity index (χ2n) is 7.10. The predicted octanol–water partition coefficient (Wildman–Crippen LogP) is -0.585. The number of rotatable bonds is 7. The van der Waals surface area contributed by atoms with E-state index in [-0.39, 0.29) is 34.6 Å². The molecule has 16 heteroatoms. The van der Waals surface area contributed by atoms with E-state index in [0.29, 0.717) is 0 Å². The number of carboxylic acids is 1. The molecule has 0 aromatic carbocycles. The van der Waals surface area contributed by atoms with Crippen LogP contribution in [0.3, 0.4) is 0 Å². The first-order valence-electron chi connectivity index (χ1n) is 9.36. The SMILES string of the molecule is CO/N=C(/C(=O)NC1C(=O)N2C1SCC1CC(=O)OC12C(=O)O)c1csc(NC(=O)CCl)n1. The van der Waals surface area contributed by atoms with E-state index in [1.165, 1.54) is 24.3 Å². The van der Waals surface area contributed by atoms with Gasteiger partial charge >= 0.3 is 11.9 Å². The van der Waals surface area contributed by atoms with Crippen LogP contribution in [-0.2, 0) is 33.5 Å². The van der Waals surface area contributed by atoms with Gasteiger partial charge in [-0.15, -0.1) is 34.7 Å². The Kier molecular flexibility index (Phi) is 6.20. The molecule has 0 aliphatic carbocycles. The van der Waals surface area contributed by atoms with Gasteiger partial charge in [0.1, 0.15) is 30.1 Å². The number of hydrogen-bond acceptors (Lipinski definition) is 11. The highest BCUT2D eigenvalue weighted by atomic mass is 35.5. The molecule has 4 atom stereocenters. The molecule has 3 fully saturated rings. The average Bonchev–Trinajstić information content (AvgIpc) is 3.37. The molecule has 4 unspecified atom stereocenters. The summed E-state index contributed by atoms with van der Waals surface area (Å²) in [4.78, 5) is 70.8. The maximum absolute atomic E-state index is 12.9. The number of aliphatic carboxylic acids is 1. The van der Waals surface area contributed by atoms with Crippen LogP contribution >= 0.6 is 34.7 Å². The van der Waals surface area contributed by atoms with Crippen molar-refractivity contribution in [2.75, 3.05) is 24.1 Å². The first kappa shape index (κ1) is 23.3. The van der Waals surface area contributed by atoms with Gasteiger partial charge in [-0.3, -0.25) is 24.1 Å². The molecular weight excluding hydrogens is 502 g/mol. The van der Waals surface area contributed by atoms with Crippen molar-refractivity contribution < 1.29 is 38.7 Å². The molecular formula is C17H16ClN5O8S2. The van der Waals surface area contributed by atoms with E-state index in [1.54, 1.807) is 0 Å². The summed E-state index contributed by atoms with van der Waals surface area (Å²) >= 11 is 7.72. The summed E-state index contributed by atoms with van der Waals surface area (Å²) in [6.07, 6.45) is -0.107. The maximum atomic E-state index is 12.9. The van der Waals surface area contributed by atoms with Crippen molar-refractivity contribution in [1.29, 1.82) is 0 Å². The minimum absolute atomic E-state index is 0.0796. The highest BCUT2D eigenvalue weighted by molar-refractivity contribution is 8.00. The second-order valence-corrected chi connectivity index (χ2v) is 9.38.